The van der Waals surface area contributed by atoms with E-state index in [4.69, 9.17) is 4.21 Å². The Bertz CT molecular complexity index is 1580. The molecule has 0 amide bonds. The molecular formula is C38H46Cl2F3Zr. The minimum atomic E-state index is -4.37. The molecule has 6 heteroatoms. The Morgan fingerprint density at radius 1 is 0.932 bits per heavy atom. The third-order valence-corrected chi connectivity index (χ3v) is 26.4. The van der Waals surface area contributed by atoms with Crippen molar-refractivity contribution in [3.8, 4) is 0 Å². The SMILES string of the molecule is Cl.Cl.[CH2]=[Zr]([C]1=CC=CC1)([c]1cccc(C(F)(F)F)c1)[C]1(C)C2=C3Cc4ccccc4C3C3CCCCC3C2CC(C)C1(C)C. The standard InChI is InChI=1S/C25H33.C7H4F3.C5H5.CH2.2ClH.Zr/c1-15-13-21-19-11-7-8-12-20(19)24-18-10-6-5-9-17(18)14-22(24)23(21)16(2)25(15,3)4;8-7(9,10)6-4-2-1-3-5-6;1-2-4-5-3-1;;;;/h5-6,9-10,15,19-21,24H,7-8,11-14H2,1-4H3;1-2,4-5H;1-3H,4H2;1H2;2*1H;. The van der Waals surface area contributed by atoms with Crippen molar-refractivity contribution in [3.63, 3.8) is 0 Å². The van der Waals surface area contributed by atoms with Gasteiger partial charge in [0.1, 0.15) is 0 Å². The van der Waals surface area contributed by atoms with E-state index < -0.39 is 31.5 Å². The van der Waals surface area contributed by atoms with Crippen molar-refractivity contribution in [2.45, 2.75) is 87.9 Å². The van der Waals surface area contributed by atoms with Crippen molar-refractivity contribution in [3.05, 3.63) is 97.9 Å². The van der Waals surface area contributed by atoms with Gasteiger partial charge in [-0.25, -0.2) is 0 Å². The molecule has 7 unspecified atom stereocenters. The van der Waals surface area contributed by atoms with E-state index in [-0.39, 0.29) is 33.4 Å². The summed E-state index contributed by atoms with van der Waals surface area (Å²) in [6, 6.07) is 15.5. The Labute approximate surface area is 278 Å². The number of rotatable bonds is 3. The fourth-order valence-corrected chi connectivity index (χ4v) is 23.8. The van der Waals surface area contributed by atoms with Crippen LogP contribution in [-0.4, -0.2) is 4.21 Å². The molecule has 5 aliphatic carbocycles. The molecule has 7 atom stereocenters. The third-order valence-electron chi connectivity index (χ3n) is 13.2. The van der Waals surface area contributed by atoms with Crippen LogP contribution in [0, 0.1) is 29.1 Å². The molecule has 237 valence electrons. The van der Waals surface area contributed by atoms with Crippen LogP contribution in [0.25, 0.3) is 0 Å². The first-order chi connectivity index (χ1) is 19.9. The van der Waals surface area contributed by atoms with Crippen LogP contribution in [0.5, 0.6) is 0 Å². The Balaban J connectivity index is 0.00000192. The second-order valence-corrected chi connectivity index (χ2v) is 24.7. The summed E-state index contributed by atoms with van der Waals surface area (Å²) in [6.45, 7) is 9.83. The van der Waals surface area contributed by atoms with Crippen LogP contribution in [0.1, 0.15) is 88.8 Å². The van der Waals surface area contributed by atoms with Gasteiger partial charge in [-0.15, -0.1) is 24.8 Å². The van der Waals surface area contributed by atoms with E-state index in [9.17, 15) is 13.2 Å². The number of fused-ring (bicyclic) bond motifs is 7. The van der Waals surface area contributed by atoms with Gasteiger partial charge in [-0.1, -0.05) is 0 Å². The summed E-state index contributed by atoms with van der Waals surface area (Å²) >= 11 is -4.16. The van der Waals surface area contributed by atoms with Crippen LogP contribution in [0.4, 0.5) is 13.2 Å². The monoisotopic (exact) mass is 719 g/mol. The summed E-state index contributed by atoms with van der Waals surface area (Å²) in [5, 5.41) is 0. The summed E-state index contributed by atoms with van der Waals surface area (Å²) < 4.78 is 50.0. The molecule has 0 saturated heterocycles. The first-order valence-corrected chi connectivity index (χ1v) is 21.5. The number of benzene rings is 2. The fourth-order valence-electron chi connectivity index (χ4n) is 10.6. The predicted molar refractivity (Wildman–Crippen MR) is 179 cm³/mol. The quantitative estimate of drug-likeness (QED) is 0.277. The molecule has 5 aliphatic rings. The van der Waals surface area contributed by atoms with Crippen LogP contribution in [0.15, 0.2) is 81.2 Å². The van der Waals surface area contributed by atoms with Gasteiger partial charge in [0.15, 0.2) is 0 Å². The van der Waals surface area contributed by atoms with E-state index in [1.807, 2.05) is 6.07 Å². The Hall–Kier alpha value is -1.22. The molecule has 0 spiro atoms. The average molecular weight is 722 g/mol. The van der Waals surface area contributed by atoms with Gasteiger partial charge in [0.25, 0.3) is 0 Å². The first-order valence-electron chi connectivity index (χ1n) is 16.1. The van der Waals surface area contributed by atoms with Crippen LogP contribution < -0.4 is 3.27 Å². The van der Waals surface area contributed by atoms with E-state index in [2.05, 4.69) is 70.2 Å². The van der Waals surface area contributed by atoms with E-state index in [0.29, 0.717) is 29.6 Å². The van der Waals surface area contributed by atoms with Gasteiger partial charge in [0.05, 0.1) is 0 Å². The van der Waals surface area contributed by atoms with Gasteiger partial charge >= 0.3 is 255 Å². The zero-order valence-corrected chi connectivity index (χ0v) is 30.4. The van der Waals surface area contributed by atoms with Crippen molar-refractivity contribution >= 4 is 32.3 Å². The molecule has 44 heavy (non-hydrogen) atoms. The molecule has 2 aromatic carbocycles. The van der Waals surface area contributed by atoms with E-state index in [1.54, 1.807) is 17.2 Å². The summed E-state index contributed by atoms with van der Waals surface area (Å²) in [4.78, 5) is 0. The Morgan fingerprint density at radius 3 is 2.32 bits per heavy atom. The molecule has 0 N–H and O–H groups in total. The number of hydrogen-bond acceptors (Lipinski definition) is 0. The second kappa shape index (κ2) is 11.8. The van der Waals surface area contributed by atoms with Gasteiger partial charge in [-0.3, -0.25) is 0 Å². The van der Waals surface area contributed by atoms with Crippen LogP contribution >= 0.6 is 24.8 Å². The topological polar surface area (TPSA) is 0 Å². The summed E-state index contributed by atoms with van der Waals surface area (Å²) in [5.41, 5.74) is 5.64. The predicted octanol–water partition coefficient (Wildman–Crippen LogP) is 10.9. The molecule has 0 bridgehead atoms. The van der Waals surface area contributed by atoms with Crippen molar-refractivity contribution in [1.82, 2.24) is 0 Å². The summed E-state index contributed by atoms with van der Waals surface area (Å²) in [5.74, 6) is 2.74. The molecule has 0 nitrogen and oxygen atoms in total. The summed E-state index contributed by atoms with van der Waals surface area (Å²) in [7, 11) is 0. The zero-order chi connectivity index (χ0) is 29.7. The first kappa shape index (κ1) is 34.1. The number of halogens is 5. The third kappa shape index (κ3) is 4.65. The van der Waals surface area contributed by atoms with Crippen LogP contribution in [0.2, 0.25) is 3.12 Å². The Morgan fingerprint density at radius 2 is 1.64 bits per heavy atom. The van der Waals surface area contributed by atoms with E-state index in [0.717, 1.165) is 16.1 Å². The van der Waals surface area contributed by atoms with Gasteiger partial charge in [-0.2, -0.15) is 0 Å². The van der Waals surface area contributed by atoms with E-state index in [1.165, 1.54) is 58.6 Å². The van der Waals surface area contributed by atoms with Gasteiger partial charge < -0.3 is 0 Å². The van der Waals surface area contributed by atoms with Gasteiger partial charge in [0.2, 0.25) is 0 Å². The maximum atomic E-state index is 14.2. The van der Waals surface area contributed by atoms with Crippen LogP contribution in [-0.2, 0) is 32.4 Å². The van der Waals surface area contributed by atoms with Crippen LogP contribution in [0.3, 0.4) is 0 Å². The maximum absolute atomic E-state index is 14.2. The van der Waals surface area contributed by atoms with Crippen molar-refractivity contribution in [2.75, 3.05) is 0 Å². The molecule has 2 saturated carbocycles. The molecule has 0 radical (unpaired) electrons. The average Bonchev–Trinajstić information content (AvgIpc) is 3.64. The molecule has 0 heterocycles. The van der Waals surface area contributed by atoms with Crippen molar-refractivity contribution in [2.24, 2.45) is 29.1 Å². The van der Waals surface area contributed by atoms with Gasteiger partial charge in [-0.05, 0) is 0 Å². The van der Waals surface area contributed by atoms with E-state index >= 15 is 0 Å². The fraction of sp³-hybridized carbons (Fsp3) is 0.500. The second-order valence-electron chi connectivity index (χ2n) is 14.8. The van der Waals surface area contributed by atoms with Crippen molar-refractivity contribution < 1.29 is 33.0 Å². The Kier molecular flexibility index (Phi) is 9.14. The molecule has 2 fully saturated rings. The number of hydrogen-bond donors (Lipinski definition) is 0. The van der Waals surface area contributed by atoms with Crippen molar-refractivity contribution in [1.29, 1.82) is 0 Å². The molecular weight excluding hydrogens is 676 g/mol. The van der Waals surface area contributed by atoms with Gasteiger partial charge in [0, 0.05) is 0 Å². The normalized spacial score (nSPS) is 33.1. The zero-order valence-electron chi connectivity index (χ0n) is 26.3. The molecule has 0 aromatic heterocycles. The summed E-state index contributed by atoms with van der Waals surface area (Å²) in [6.07, 6.45) is 10.4. The minimum absolute atomic E-state index is 0. The molecule has 2 aromatic rings. The molecule has 7 rings (SSSR count). The number of alkyl halides is 3. The molecule has 0 aliphatic heterocycles. The number of allylic oxidation sites excluding steroid dienone is 6.